The van der Waals surface area contributed by atoms with Crippen LogP contribution in [0.4, 0.5) is 0 Å². The third-order valence-corrected chi connectivity index (χ3v) is 4.87. The van der Waals surface area contributed by atoms with Crippen molar-refractivity contribution in [3.05, 3.63) is 63.1 Å². The van der Waals surface area contributed by atoms with E-state index in [4.69, 9.17) is 33.0 Å². The van der Waals surface area contributed by atoms with Gasteiger partial charge in [0.2, 0.25) is 0 Å². The molecule has 6 nitrogen and oxygen atoms in total. The molecule has 0 heterocycles. The van der Waals surface area contributed by atoms with Gasteiger partial charge in [-0.2, -0.15) is 0 Å². The second-order valence-electron chi connectivity index (χ2n) is 4.97. The Balaban J connectivity index is 2.65. The van der Waals surface area contributed by atoms with E-state index in [0.29, 0.717) is 11.3 Å². The molecule has 0 aliphatic carbocycles. The van der Waals surface area contributed by atoms with E-state index < -0.39 is 13.6 Å². The first-order chi connectivity index (χ1) is 11.6. The summed E-state index contributed by atoms with van der Waals surface area (Å²) in [5.74, 6) is -0.827. The van der Waals surface area contributed by atoms with Crippen molar-refractivity contribution in [1.29, 1.82) is 0 Å². The van der Waals surface area contributed by atoms with Crippen LogP contribution in [0.2, 0.25) is 10.0 Å². The van der Waals surface area contributed by atoms with Crippen LogP contribution in [-0.4, -0.2) is 28.0 Å². The SMILES string of the molecule is COc1cccc(/C=C(\c2cc(Cl)c(C(=O)O)c(Cl)c2)P(=O)(O)O)c1. The topological polar surface area (TPSA) is 104 Å². The average Bonchev–Trinajstić information content (AvgIpc) is 2.50. The lowest BCUT2D eigenvalue weighted by Gasteiger charge is -2.13. The number of hydrogen-bond acceptors (Lipinski definition) is 3. The number of rotatable bonds is 5. The minimum Gasteiger partial charge on any atom is -0.497 e. The monoisotopic (exact) mass is 402 g/mol. The predicted molar refractivity (Wildman–Crippen MR) is 96.3 cm³/mol. The molecule has 132 valence electrons. The van der Waals surface area contributed by atoms with Gasteiger partial charge in [-0.1, -0.05) is 35.3 Å². The molecule has 0 bridgehead atoms. The molecule has 2 aromatic rings. The van der Waals surface area contributed by atoms with Gasteiger partial charge in [-0.05, 0) is 41.5 Å². The highest BCUT2D eigenvalue weighted by atomic mass is 35.5. The maximum Gasteiger partial charge on any atom is 0.356 e. The van der Waals surface area contributed by atoms with E-state index in [9.17, 15) is 19.1 Å². The van der Waals surface area contributed by atoms with E-state index in [-0.39, 0.29) is 26.5 Å². The Morgan fingerprint density at radius 3 is 2.24 bits per heavy atom. The Hall–Kier alpha value is -1.82. The van der Waals surface area contributed by atoms with Crippen LogP contribution in [0.25, 0.3) is 11.4 Å². The molecule has 0 saturated heterocycles. The summed E-state index contributed by atoms with van der Waals surface area (Å²) < 4.78 is 17.0. The summed E-state index contributed by atoms with van der Waals surface area (Å²) >= 11 is 11.8. The first-order valence-corrected chi connectivity index (χ1v) is 9.15. The van der Waals surface area contributed by atoms with E-state index >= 15 is 0 Å². The average molecular weight is 403 g/mol. The van der Waals surface area contributed by atoms with Gasteiger partial charge in [-0.25, -0.2) is 4.79 Å². The van der Waals surface area contributed by atoms with E-state index in [0.717, 1.165) is 12.1 Å². The molecule has 3 N–H and O–H groups in total. The van der Waals surface area contributed by atoms with E-state index in [1.165, 1.54) is 13.2 Å². The number of carboxylic acid groups (broad SMARTS) is 1. The minimum atomic E-state index is -4.71. The minimum absolute atomic E-state index is 0.0242. The third-order valence-electron chi connectivity index (χ3n) is 3.26. The van der Waals surface area contributed by atoms with Gasteiger partial charge >= 0.3 is 13.6 Å². The van der Waals surface area contributed by atoms with Crippen molar-refractivity contribution < 1.29 is 29.0 Å². The summed E-state index contributed by atoms with van der Waals surface area (Å²) in [6.45, 7) is 0. The fourth-order valence-electron chi connectivity index (χ4n) is 2.15. The molecule has 0 fully saturated rings. The van der Waals surface area contributed by atoms with Crippen LogP contribution in [0, 0.1) is 0 Å². The second kappa shape index (κ2) is 7.60. The highest BCUT2D eigenvalue weighted by Gasteiger charge is 2.25. The van der Waals surface area contributed by atoms with Crippen LogP contribution in [0.1, 0.15) is 21.5 Å². The number of hydrogen-bond donors (Lipinski definition) is 3. The zero-order chi connectivity index (χ0) is 18.8. The third kappa shape index (κ3) is 4.63. The van der Waals surface area contributed by atoms with Crippen molar-refractivity contribution in [3.8, 4) is 5.75 Å². The van der Waals surface area contributed by atoms with E-state index in [1.54, 1.807) is 24.3 Å². The van der Waals surface area contributed by atoms with E-state index in [2.05, 4.69) is 0 Å². The largest absolute Gasteiger partial charge is 0.497 e. The molecule has 2 aromatic carbocycles. The van der Waals surface area contributed by atoms with Gasteiger partial charge in [0.05, 0.1) is 28.0 Å². The smallest absolute Gasteiger partial charge is 0.356 e. The van der Waals surface area contributed by atoms with Crippen LogP contribution in [0.15, 0.2) is 36.4 Å². The summed E-state index contributed by atoms with van der Waals surface area (Å²) in [7, 11) is -3.24. The Bertz CT molecular complexity index is 880. The van der Waals surface area contributed by atoms with Gasteiger partial charge in [-0.15, -0.1) is 0 Å². The van der Waals surface area contributed by atoms with Gasteiger partial charge in [0.15, 0.2) is 0 Å². The number of benzene rings is 2. The maximum absolute atomic E-state index is 11.9. The Morgan fingerprint density at radius 1 is 1.16 bits per heavy atom. The molecule has 0 aliphatic rings. The zero-order valence-corrected chi connectivity index (χ0v) is 15.2. The van der Waals surface area contributed by atoms with Crippen molar-refractivity contribution in [2.24, 2.45) is 0 Å². The number of carboxylic acids is 1. The molecule has 0 aromatic heterocycles. The lowest BCUT2D eigenvalue weighted by molar-refractivity contribution is 0.0697. The van der Waals surface area contributed by atoms with Gasteiger partial charge in [0, 0.05) is 0 Å². The van der Waals surface area contributed by atoms with Crippen molar-refractivity contribution in [1.82, 2.24) is 0 Å². The number of carbonyl (C=O) groups is 1. The molecular weight excluding hydrogens is 390 g/mol. The molecule has 2 rings (SSSR count). The molecule has 25 heavy (non-hydrogen) atoms. The van der Waals surface area contributed by atoms with Gasteiger partial charge < -0.3 is 19.6 Å². The summed E-state index contributed by atoms with van der Waals surface area (Å²) in [6.07, 6.45) is 1.27. The molecule has 0 radical (unpaired) electrons. The molecule has 0 amide bonds. The van der Waals surface area contributed by atoms with Gasteiger partial charge in [0.25, 0.3) is 0 Å². The lowest BCUT2D eigenvalue weighted by atomic mass is 10.1. The Morgan fingerprint density at radius 2 is 1.76 bits per heavy atom. The molecule has 0 aliphatic heterocycles. The molecule has 0 atom stereocenters. The Labute approximate surface area is 153 Å². The predicted octanol–water partition coefficient (Wildman–Crippen LogP) is 4.38. The maximum atomic E-state index is 11.9. The fraction of sp³-hybridized carbons (Fsp3) is 0.0625. The molecule has 0 unspecified atom stereocenters. The standard InChI is InChI=1S/C16H13Cl2O6P/c1-24-11-4-2-3-9(5-11)6-14(25(21,22)23)10-7-12(17)15(16(19)20)13(18)8-10/h2-8H,1H3,(H,19,20)(H2,21,22,23)/b14-6+. The van der Waals surface area contributed by atoms with Crippen molar-refractivity contribution in [2.45, 2.75) is 0 Å². The van der Waals surface area contributed by atoms with Crippen LogP contribution in [0.5, 0.6) is 5.75 Å². The number of halogens is 2. The molecular formula is C16H13Cl2O6P. The highest BCUT2D eigenvalue weighted by molar-refractivity contribution is 7.63. The first kappa shape index (κ1) is 19.5. The van der Waals surface area contributed by atoms with Crippen LogP contribution >= 0.6 is 30.8 Å². The number of ether oxygens (including phenoxy) is 1. The summed E-state index contributed by atoms with van der Waals surface area (Å²) in [5.41, 5.74) is 0.168. The second-order valence-corrected chi connectivity index (χ2v) is 7.35. The molecule has 9 heteroatoms. The van der Waals surface area contributed by atoms with Gasteiger partial charge in [0.1, 0.15) is 5.75 Å². The number of methoxy groups -OCH3 is 1. The first-order valence-electron chi connectivity index (χ1n) is 6.78. The summed E-state index contributed by atoms with van der Waals surface area (Å²) in [5, 5.41) is 8.29. The summed E-state index contributed by atoms with van der Waals surface area (Å²) in [4.78, 5) is 30.5. The lowest BCUT2D eigenvalue weighted by Crippen LogP contribution is -2.00. The quantitative estimate of drug-likeness (QED) is 0.506. The molecule has 0 saturated carbocycles. The Kier molecular flexibility index (Phi) is 5.93. The van der Waals surface area contributed by atoms with E-state index in [1.807, 2.05) is 0 Å². The van der Waals surface area contributed by atoms with Crippen LogP contribution < -0.4 is 4.74 Å². The van der Waals surface area contributed by atoms with Crippen molar-refractivity contribution in [2.75, 3.05) is 7.11 Å². The normalized spacial score (nSPS) is 12.1. The van der Waals surface area contributed by atoms with Crippen LogP contribution in [-0.2, 0) is 4.57 Å². The fourth-order valence-corrected chi connectivity index (χ4v) is 3.58. The van der Waals surface area contributed by atoms with Gasteiger partial charge in [-0.3, -0.25) is 4.57 Å². The number of aromatic carboxylic acids is 1. The molecule has 0 spiro atoms. The van der Waals surface area contributed by atoms with Crippen molar-refractivity contribution in [3.63, 3.8) is 0 Å². The zero-order valence-electron chi connectivity index (χ0n) is 12.8. The van der Waals surface area contributed by atoms with Crippen LogP contribution in [0.3, 0.4) is 0 Å². The van der Waals surface area contributed by atoms with Crippen molar-refractivity contribution >= 4 is 48.2 Å². The summed E-state index contributed by atoms with van der Waals surface area (Å²) in [6, 6.07) is 8.88. The highest BCUT2D eigenvalue weighted by Crippen LogP contribution is 2.53.